The van der Waals surface area contributed by atoms with Crippen molar-refractivity contribution in [2.45, 2.75) is 6.42 Å². The predicted octanol–water partition coefficient (Wildman–Crippen LogP) is 0.826. The third-order valence-corrected chi connectivity index (χ3v) is 2.49. The molecule has 0 saturated carbocycles. The molecule has 1 aliphatic rings. The van der Waals surface area contributed by atoms with Crippen molar-refractivity contribution in [2.24, 2.45) is 0 Å². The number of nitrogen functional groups attached to an aromatic ring is 1. The molecule has 0 spiro atoms. The van der Waals surface area contributed by atoms with Gasteiger partial charge in [0.1, 0.15) is 5.82 Å². The lowest BCUT2D eigenvalue weighted by Crippen LogP contribution is -2.33. The number of carbonyl (C=O) groups is 1. The van der Waals surface area contributed by atoms with Crippen molar-refractivity contribution in [3.8, 4) is 0 Å². The number of nitrogens with zero attached hydrogens (tertiary/aromatic N) is 3. The van der Waals surface area contributed by atoms with Crippen molar-refractivity contribution in [2.75, 3.05) is 18.8 Å². The average Bonchev–Trinajstić information content (AvgIpc) is 2.30. The molecule has 3 N–H and O–H groups in total. The minimum atomic E-state index is -0.890. The number of rotatable bonds is 1. The maximum atomic E-state index is 10.7. The highest BCUT2D eigenvalue weighted by atomic mass is 16.4. The molecule has 0 atom stereocenters. The Morgan fingerprint density at radius 3 is 2.75 bits per heavy atom. The van der Waals surface area contributed by atoms with Gasteiger partial charge in [-0.25, -0.2) is 4.79 Å². The Morgan fingerprint density at radius 1 is 1.44 bits per heavy atom. The summed E-state index contributed by atoms with van der Waals surface area (Å²) in [5.74, 6) is 0.382. The molecule has 0 unspecified atom stereocenters. The van der Waals surface area contributed by atoms with Crippen molar-refractivity contribution in [3.05, 3.63) is 23.9 Å². The molecule has 1 amide bonds. The Morgan fingerprint density at radius 2 is 2.25 bits per heavy atom. The third-order valence-electron chi connectivity index (χ3n) is 2.49. The van der Waals surface area contributed by atoms with E-state index in [0.717, 1.165) is 11.3 Å². The van der Waals surface area contributed by atoms with E-state index < -0.39 is 6.09 Å². The molecule has 0 fully saturated rings. The first kappa shape index (κ1) is 10.4. The van der Waals surface area contributed by atoms with Gasteiger partial charge in [-0.05, 0) is 24.1 Å². The Labute approximate surface area is 92.4 Å². The summed E-state index contributed by atoms with van der Waals surface area (Å²) in [5.41, 5.74) is 7.22. The van der Waals surface area contributed by atoms with Gasteiger partial charge in [0.2, 0.25) is 0 Å². The molecule has 0 aromatic carbocycles. The van der Waals surface area contributed by atoms with E-state index in [2.05, 4.69) is 10.2 Å². The summed E-state index contributed by atoms with van der Waals surface area (Å²) in [4.78, 5) is 12.0. The molecule has 0 saturated heterocycles. The zero-order valence-electron chi connectivity index (χ0n) is 8.63. The van der Waals surface area contributed by atoms with Gasteiger partial charge in [0.15, 0.2) is 0 Å². The van der Waals surface area contributed by atoms with Crippen LogP contribution in [0, 0.1) is 0 Å². The Balaban J connectivity index is 2.13. The molecule has 0 bridgehead atoms. The standard InChI is InChI=1S/C10H12N4O2/c11-9-2-1-8(12-13-9)7-3-5-14(6-4-7)10(15)16/h1-3H,4-6H2,(H2,11,13)(H,15,16). The van der Waals surface area contributed by atoms with Gasteiger partial charge in [-0.3, -0.25) is 0 Å². The van der Waals surface area contributed by atoms with Crippen LogP contribution in [0.1, 0.15) is 12.1 Å². The van der Waals surface area contributed by atoms with Crippen LogP contribution in [0.25, 0.3) is 5.57 Å². The first-order valence-corrected chi connectivity index (χ1v) is 4.93. The second kappa shape index (κ2) is 4.18. The molecule has 16 heavy (non-hydrogen) atoms. The van der Waals surface area contributed by atoms with Gasteiger partial charge in [-0.15, -0.1) is 10.2 Å². The van der Waals surface area contributed by atoms with Gasteiger partial charge < -0.3 is 15.7 Å². The lowest BCUT2D eigenvalue weighted by molar-refractivity contribution is 0.150. The molecule has 0 radical (unpaired) electrons. The molecule has 1 aromatic heterocycles. The molecular weight excluding hydrogens is 208 g/mol. The van der Waals surface area contributed by atoms with Crippen LogP contribution < -0.4 is 5.73 Å². The van der Waals surface area contributed by atoms with Gasteiger partial charge in [0.25, 0.3) is 0 Å². The first-order valence-electron chi connectivity index (χ1n) is 4.93. The largest absolute Gasteiger partial charge is 0.465 e. The minimum absolute atomic E-state index is 0.382. The van der Waals surface area contributed by atoms with Crippen LogP contribution in [-0.4, -0.2) is 39.4 Å². The summed E-state index contributed by atoms with van der Waals surface area (Å²) < 4.78 is 0. The molecule has 6 nitrogen and oxygen atoms in total. The maximum Gasteiger partial charge on any atom is 0.407 e. The van der Waals surface area contributed by atoms with Crippen molar-refractivity contribution >= 4 is 17.5 Å². The molecular formula is C10H12N4O2. The highest BCUT2D eigenvalue weighted by Gasteiger charge is 2.17. The molecule has 6 heteroatoms. The monoisotopic (exact) mass is 220 g/mol. The van der Waals surface area contributed by atoms with Crippen molar-refractivity contribution in [3.63, 3.8) is 0 Å². The second-order valence-corrected chi connectivity index (χ2v) is 3.55. The quantitative estimate of drug-likeness (QED) is 0.731. The summed E-state index contributed by atoms with van der Waals surface area (Å²) in [5, 5.41) is 16.5. The second-order valence-electron chi connectivity index (χ2n) is 3.55. The van der Waals surface area contributed by atoms with Gasteiger partial charge in [-0.1, -0.05) is 6.08 Å². The van der Waals surface area contributed by atoms with Crippen LogP contribution in [0.15, 0.2) is 18.2 Å². The fraction of sp³-hybridized carbons (Fsp3) is 0.300. The van der Waals surface area contributed by atoms with Gasteiger partial charge >= 0.3 is 6.09 Å². The average molecular weight is 220 g/mol. The van der Waals surface area contributed by atoms with Gasteiger partial charge in [0, 0.05) is 13.1 Å². The normalized spacial score (nSPS) is 15.8. The fourth-order valence-corrected chi connectivity index (χ4v) is 1.59. The fourth-order valence-electron chi connectivity index (χ4n) is 1.59. The topological polar surface area (TPSA) is 92.3 Å². The maximum absolute atomic E-state index is 10.7. The van der Waals surface area contributed by atoms with E-state index in [1.807, 2.05) is 6.08 Å². The number of amides is 1. The summed E-state index contributed by atoms with van der Waals surface area (Å²) in [6.45, 7) is 0.893. The van der Waals surface area contributed by atoms with Crippen molar-refractivity contribution in [1.82, 2.24) is 15.1 Å². The third kappa shape index (κ3) is 2.10. The smallest absolute Gasteiger partial charge is 0.407 e. The Kier molecular flexibility index (Phi) is 2.72. The van der Waals surface area contributed by atoms with Crippen molar-refractivity contribution in [1.29, 1.82) is 0 Å². The van der Waals surface area contributed by atoms with Crippen molar-refractivity contribution < 1.29 is 9.90 Å². The van der Waals surface area contributed by atoms with Crippen LogP contribution in [-0.2, 0) is 0 Å². The SMILES string of the molecule is Nc1ccc(C2=CCN(C(=O)O)CC2)nn1. The van der Waals surface area contributed by atoms with E-state index in [4.69, 9.17) is 10.8 Å². The first-order chi connectivity index (χ1) is 7.66. The summed E-state index contributed by atoms with van der Waals surface area (Å²) in [6, 6.07) is 3.48. The zero-order valence-corrected chi connectivity index (χ0v) is 8.63. The van der Waals surface area contributed by atoms with E-state index >= 15 is 0 Å². The molecule has 1 aliphatic heterocycles. The summed E-state index contributed by atoms with van der Waals surface area (Å²) in [7, 11) is 0. The molecule has 84 valence electrons. The van der Waals surface area contributed by atoms with Crippen LogP contribution in [0.4, 0.5) is 10.6 Å². The van der Waals surface area contributed by atoms with E-state index in [1.54, 1.807) is 12.1 Å². The highest BCUT2D eigenvalue weighted by Crippen LogP contribution is 2.20. The van der Waals surface area contributed by atoms with Crippen LogP contribution >= 0.6 is 0 Å². The van der Waals surface area contributed by atoms with E-state index in [9.17, 15) is 4.79 Å². The molecule has 2 heterocycles. The predicted molar refractivity (Wildman–Crippen MR) is 58.6 cm³/mol. The zero-order chi connectivity index (χ0) is 11.5. The van der Waals surface area contributed by atoms with E-state index in [0.29, 0.717) is 25.3 Å². The van der Waals surface area contributed by atoms with Crippen LogP contribution in [0.2, 0.25) is 0 Å². The van der Waals surface area contributed by atoms with Gasteiger partial charge in [0.05, 0.1) is 5.69 Å². The number of aromatic nitrogens is 2. The number of hydrogen-bond acceptors (Lipinski definition) is 4. The Bertz CT molecular complexity index is 427. The number of anilines is 1. The van der Waals surface area contributed by atoms with Crippen LogP contribution in [0.5, 0.6) is 0 Å². The lowest BCUT2D eigenvalue weighted by atomic mass is 10.1. The van der Waals surface area contributed by atoms with E-state index in [-0.39, 0.29) is 0 Å². The molecule has 0 aliphatic carbocycles. The number of carboxylic acid groups (broad SMARTS) is 1. The lowest BCUT2D eigenvalue weighted by Gasteiger charge is -2.23. The molecule has 2 rings (SSSR count). The number of nitrogens with two attached hydrogens (primary N) is 1. The molecule has 1 aromatic rings. The Hall–Kier alpha value is -2.11. The van der Waals surface area contributed by atoms with Crippen LogP contribution in [0.3, 0.4) is 0 Å². The highest BCUT2D eigenvalue weighted by molar-refractivity contribution is 5.70. The number of hydrogen-bond donors (Lipinski definition) is 2. The minimum Gasteiger partial charge on any atom is -0.465 e. The van der Waals surface area contributed by atoms with E-state index in [1.165, 1.54) is 4.90 Å². The van der Waals surface area contributed by atoms with Gasteiger partial charge in [-0.2, -0.15) is 0 Å². The summed E-state index contributed by atoms with van der Waals surface area (Å²) >= 11 is 0. The summed E-state index contributed by atoms with van der Waals surface area (Å²) in [6.07, 6.45) is 1.63.